The maximum atomic E-state index is 5.20. The topological polar surface area (TPSA) is 64.9 Å². The Bertz CT molecular complexity index is 547. The zero-order chi connectivity index (χ0) is 13.1. The molecule has 3 rings (SSSR count). The minimum atomic E-state index is 0.417. The van der Waals surface area contributed by atoms with Gasteiger partial charge in [-0.15, -0.1) is 15.0 Å². The first-order valence-corrected chi connectivity index (χ1v) is 6.52. The number of ether oxygens (including phenoxy) is 1. The predicted molar refractivity (Wildman–Crippen MR) is 70.6 cm³/mol. The van der Waals surface area contributed by atoms with E-state index in [1.165, 1.54) is 0 Å². The van der Waals surface area contributed by atoms with Crippen LogP contribution in [0.1, 0.15) is 24.6 Å². The van der Waals surface area contributed by atoms with E-state index >= 15 is 0 Å². The van der Waals surface area contributed by atoms with Crippen LogP contribution in [0.15, 0.2) is 24.3 Å². The van der Waals surface area contributed by atoms with Crippen molar-refractivity contribution in [2.75, 3.05) is 20.2 Å². The van der Waals surface area contributed by atoms with E-state index in [0.29, 0.717) is 5.92 Å². The molecule has 0 atom stereocenters. The Kier molecular flexibility index (Phi) is 3.41. The van der Waals surface area contributed by atoms with Gasteiger partial charge in [-0.05, 0) is 43.3 Å². The normalized spacial score (nSPS) is 16.5. The average molecular weight is 259 g/mol. The van der Waals surface area contributed by atoms with Crippen molar-refractivity contribution in [2.45, 2.75) is 18.8 Å². The Morgan fingerprint density at radius 2 is 2.16 bits per heavy atom. The van der Waals surface area contributed by atoms with Crippen molar-refractivity contribution in [1.29, 1.82) is 0 Å². The van der Waals surface area contributed by atoms with Gasteiger partial charge in [0.1, 0.15) is 5.75 Å². The molecule has 1 aromatic heterocycles. The number of benzene rings is 1. The van der Waals surface area contributed by atoms with Crippen LogP contribution in [-0.2, 0) is 0 Å². The SMILES string of the molecule is COc1cccc(-n2nnc(C3CCNCC3)n2)c1. The number of nitrogens with zero attached hydrogens (tertiary/aromatic N) is 4. The molecule has 1 N–H and O–H groups in total. The molecule has 100 valence electrons. The highest BCUT2D eigenvalue weighted by molar-refractivity contribution is 5.37. The molecule has 0 unspecified atom stereocenters. The van der Waals surface area contributed by atoms with Gasteiger partial charge in [0.15, 0.2) is 5.82 Å². The number of tetrazole rings is 1. The van der Waals surface area contributed by atoms with E-state index in [4.69, 9.17) is 4.74 Å². The van der Waals surface area contributed by atoms with Crippen molar-refractivity contribution in [2.24, 2.45) is 0 Å². The Hall–Kier alpha value is -1.95. The monoisotopic (exact) mass is 259 g/mol. The molecule has 0 aliphatic carbocycles. The van der Waals surface area contributed by atoms with Gasteiger partial charge in [0.2, 0.25) is 0 Å². The fourth-order valence-corrected chi connectivity index (χ4v) is 2.31. The van der Waals surface area contributed by atoms with Gasteiger partial charge < -0.3 is 10.1 Å². The van der Waals surface area contributed by atoms with Crippen molar-refractivity contribution < 1.29 is 4.74 Å². The highest BCUT2D eigenvalue weighted by atomic mass is 16.5. The van der Waals surface area contributed by atoms with E-state index in [-0.39, 0.29) is 0 Å². The number of piperidine rings is 1. The van der Waals surface area contributed by atoms with Gasteiger partial charge >= 0.3 is 0 Å². The second-order valence-corrected chi connectivity index (χ2v) is 4.66. The molecular formula is C13H17N5O. The number of hydrogen-bond donors (Lipinski definition) is 1. The predicted octanol–water partition coefficient (Wildman–Crippen LogP) is 1.14. The quantitative estimate of drug-likeness (QED) is 0.895. The molecule has 1 saturated heterocycles. The lowest BCUT2D eigenvalue weighted by atomic mass is 9.98. The number of hydrogen-bond acceptors (Lipinski definition) is 5. The summed E-state index contributed by atoms with van der Waals surface area (Å²) >= 11 is 0. The summed E-state index contributed by atoms with van der Waals surface area (Å²) in [6.45, 7) is 2.05. The molecule has 6 heteroatoms. The van der Waals surface area contributed by atoms with Gasteiger partial charge in [0, 0.05) is 12.0 Å². The maximum Gasteiger partial charge on any atom is 0.178 e. The van der Waals surface area contributed by atoms with Crippen molar-refractivity contribution in [3.05, 3.63) is 30.1 Å². The number of rotatable bonds is 3. The zero-order valence-electron chi connectivity index (χ0n) is 10.9. The van der Waals surface area contributed by atoms with Crippen LogP contribution in [-0.4, -0.2) is 40.4 Å². The molecule has 2 aromatic rings. The highest BCUT2D eigenvalue weighted by Crippen LogP contribution is 2.22. The zero-order valence-corrected chi connectivity index (χ0v) is 10.9. The van der Waals surface area contributed by atoms with Gasteiger partial charge in [-0.1, -0.05) is 6.07 Å². The molecule has 0 bridgehead atoms. The molecule has 0 radical (unpaired) electrons. The number of nitrogens with one attached hydrogen (secondary N) is 1. The van der Waals surface area contributed by atoms with E-state index < -0.39 is 0 Å². The van der Waals surface area contributed by atoms with Crippen LogP contribution in [0, 0.1) is 0 Å². The summed E-state index contributed by atoms with van der Waals surface area (Å²) in [6.07, 6.45) is 2.15. The van der Waals surface area contributed by atoms with Gasteiger partial charge in [-0.25, -0.2) is 0 Å². The maximum absolute atomic E-state index is 5.20. The summed E-state index contributed by atoms with van der Waals surface area (Å²) in [4.78, 5) is 1.57. The van der Waals surface area contributed by atoms with E-state index in [1.807, 2.05) is 24.3 Å². The smallest absolute Gasteiger partial charge is 0.178 e. The van der Waals surface area contributed by atoms with Crippen molar-refractivity contribution in [3.63, 3.8) is 0 Å². The Morgan fingerprint density at radius 3 is 2.95 bits per heavy atom. The molecule has 6 nitrogen and oxygen atoms in total. The molecule has 0 saturated carbocycles. The van der Waals surface area contributed by atoms with Crippen LogP contribution in [0.25, 0.3) is 5.69 Å². The first kappa shape index (κ1) is 12.1. The first-order chi connectivity index (χ1) is 9.36. The van der Waals surface area contributed by atoms with Crippen molar-refractivity contribution in [3.8, 4) is 11.4 Å². The van der Waals surface area contributed by atoms with Gasteiger partial charge in [-0.3, -0.25) is 0 Å². The summed E-state index contributed by atoms with van der Waals surface area (Å²) in [7, 11) is 1.65. The number of methoxy groups -OCH3 is 1. The van der Waals surface area contributed by atoms with Crippen LogP contribution in [0.5, 0.6) is 5.75 Å². The minimum absolute atomic E-state index is 0.417. The number of aromatic nitrogens is 4. The lowest BCUT2D eigenvalue weighted by molar-refractivity contribution is 0.414. The van der Waals surface area contributed by atoms with Crippen molar-refractivity contribution in [1.82, 2.24) is 25.5 Å². The van der Waals surface area contributed by atoms with Gasteiger partial charge in [0.25, 0.3) is 0 Å². The first-order valence-electron chi connectivity index (χ1n) is 6.52. The summed E-state index contributed by atoms with van der Waals surface area (Å²) in [5, 5.41) is 16.2. The van der Waals surface area contributed by atoms with Crippen LogP contribution >= 0.6 is 0 Å². The van der Waals surface area contributed by atoms with Crippen LogP contribution in [0.2, 0.25) is 0 Å². The standard InChI is InChI=1S/C13H17N5O/c1-19-12-4-2-3-11(9-12)18-16-13(15-17-18)10-5-7-14-8-6-10/h2-4,9-10,14H,5-8H2,1H3. The van der Waals surface area contributed by atoms with E-state index in [0.717, 1.165) is 43.2 Å². The molecule has 1 fully saturated rings. The molecule has 0 spiro atoms. The third kappa shape index (κ3) is 2.58. The average Bonchev–Trinajstić information content (AvgIpc) is 2.98. The molecule has 1 aliphatic heterocycles. The minimum Gasteiger partial charge on any atom is -0.497 e. The molecular weight excluding hydrogens is 242 g/mol. The lowest BCUT2D eigenvalue weighted by Gasteiger charge is -2.19. The molecule has 0 amide bonds. The van der Waals surface area contributed by atoms with E-state index in [9.17, 15) is 0 Å². The Labute approximate surface area is 111 Å². The Morgan fingerprint density at radius 1 is 1.32 bits per heavy atom. The third-order valence-corrected chi connectivity index (χ3v) is 3.42. The highest BCUT2D eigenvalue weighted by Gasteiger charge is 2.20. The Balaban J connectivity index is 1.83. The lowest BCUT2D eigenvalue weighted by Crippen LogP contribution is -2.27. The van der Waals surface area contributed by atoms with Crippen LogP contribution in [0.4, 0.5) is 0 Å². The summed E-state index contributed by atoms with van der Waals surface area (Å²) in [5.74, 6) is 2.04. The van der Waals surface area contributed by atoms with Gasteiger partial charge in [-0.2, -0.15) is 0 Å². The van der Waals surface area contributed by atoms with Crippen molar-refractivity contribution >= 4 is 0 Å². The van der Waals surface area contributed by atoms with E-state index in [2.05, 4.69) is 20.7 Å². The fourth-order valence-electron chi connectivity index (χ4n) is 2.31. The van der Waals surface area contributed by atoms with Crippen LogP contribution in [0.3, 0.4) is 0 Å². The molecule has 1 aromatic carbocycles. The fraction of sp³-hybridized carbons (Fsp3) is 0.462. The second kappa shape index (κ2) is 5.36. The van der Waals surface area contributed by atoms with Crippen LogP contribution < -0.4 is 10.1 Å². The molecule has 19 heavy (non-hydrogen) atoms. The molecule has 1 aliphatic rings. The largest absolute Gasteiger partial charge is 0.497 e. The van der Waals surface area contributed by atoms with Gasteiger partial charge in [0.05, 0.1) is 12.8 Å². The summed E-state index contributed by atoms with van der Waals surface area (Å²) in [6, 6.07) is 7.65. The van der Waals surface area contributed by atoms with E-state index in [1.54, 1.807) is 11.9 Å². The summed E-state index contributed by atoms with van der Waals surface area (Å²) < 4.78 is 5.20. The summed E-state index contributed by atoms with van der Waals surface area (Å²) in [5.41, 5.74) is 0.868. The molecule has 2 heterocycles. The second-order valence-electron chi connectivity index (χ2n) is 4.66. The third-order valence-electron chi connectivity index (χ3n) is 3.42.